The Bertz CT molecular complexity index is 1300. The van der Waals surface area contributed by atoms with Crippen molar-refractivity contribution in [2.45, 2.75) is 31.1 Å². The van der Waals surface area contributed by atoms with E-state index < -0.39 is 29.1 Å². The number of nitrogens with zero attached hydrogens (tertiary/aromatic N) is 3. The van der Waals surface area contributed by atoms with Gasteiger partial charge in [0.15, 0.2) is 0 Å². The van der Waals surface area contributed by atoms with E-state index in [1.165, 1.54) is 18.3 Å². The molecule has 3 aromatic rings. The highest BCUT2D eigenvalue weighted by Crippen LogP contribution is 2.39. The summed E-state index contributed by atoms with van der Waals surface area (Å²) in [5.74, 6) is -0.597. The second-order valence-corrected chi connectivity index (χ2v) is 9.05. The van der Waals surface area contributed by atoms with Crippen LogP contribution >= 0.6 is 0 Å². The number of alkyl halides is 3. The van der Waals surface area contributed by atoms with Crippen molar-refractivity contribution < 1.29 is 17.6 Å². The first-order valence-corrected chi connectivity index (χ1v) is 11.6. The molecule has 2 aromatic heterocycles. The number of para-hydroxylation sites is 1. The number of benzene rings is 1. The Hall–Kier alpha value is -3.28. The van der Waals surface area contributed by atoms with Crippen molar-refractivity contribution in [2.24, 2.45) is 5.73 Å². The van der Waals surface area contributed by atoms with E-state index in [1.807, 2.05) is 33.2 Å². The molecule has 4 rings (SSSR count). The van der Waals surface area contributed by atoms with Crippen molar-refractivity contribution in [2.75, 3.05) is 32.5 Å². The number of anilines is 1. The van der Waals surface area contributed by atoms with Gasteiger partial charge in [0.05, 0.1) is 16.7 Å². The average Bonchev–Trinajstić information content (AvgIpc) is 3.25. The summed E-state index contributed by atoms with van der Waals surface area (Å²) >= 11 is 0. The lowest BCUT2D eigenvalue weighted by Gasteiger charge is -2.39. The molecule has 1 aliphatic rings. The number of aromatic nitrogens is 3. The number of hydrogen-bond donors (Lipinski definition) is 4. The third-order valence-electron chi connectivity index (χ3n) is 6.26. The Morgan fingerprint density at radius 2 is 2.03 bits per heavy atom. The number of hydrogen-bond acceptors (Lipinski definition) is 6. The van der Waals surface area contributed by atoms with E-state index in [-0.39, 0.29) is 22.7 Å². The van der Waals surface area contributed by atoms with Crippen LogP contribution in [0.3, 0.4) is 0 Å². The fraction of sp³-hybridized carbons (Fsp3) is 0.360. The molecular weight excluding hydrogens is 474 g/mol. The van der Waals surface area contributed by atoms with E-state index >= 15 is 0 Å². The summed E-state index contributed by atoms with van der Waals surface area (Å²) in [4.78, 5) is 12.9. The first-order valence-electron chi connectivity index (χ1n) is 11.6. The summed E-state index contributed by atoms with van der Waals surface area (Å²) in [6, 6.07) is 3.82. The second kappa shape index (κ2) is 10.00. The largest absolute Gasteiger partial charge is 0.419 e. The highest BCUT2D eigenvalue weighted by Gasteiger charge is 2.37. The maximum atomic E-state index is 14.2. The molecule has 36 heavy (non-hydrogen) atoms. The number of nitrogens with two attached hydrogens (primary N) is 1. The van der Waals surface area contributed by atoms with Gasteiger partial charge in [-0.25, -0.2) is 14.4 Å². The van der Waals surface area contributed by atoms with Gasteiger partial charge in [-0.3, -0.25) is 0 Å². The smallest absolute Gasteiger partial charge is 0.358 e. The molecule has 1 aliphatic carbocycles. The van der Waals surface area contributed by atoms with E-state index in [1.54, 1.807) is 12.1 Å². The van der Waals surface area contributed by atoms with Crippen LogP contribution in [0.5, 0.6) is 0 Å². The van der Waals surface area contributed by atoms with Gasteiger partial charge in [0.25, 0.3) is 0 Å². The first kappa shape index (κ1) is 25.8. The molecule has 0 saturated carbocycles. The van der Waals surface area contributed by atoms with E-state index in [9.17, 15) is 17.6 Å². The molecule has 192 valence electrons. The maximum Gasteiger partial charge on any atom is 0.419 e. The van der Waals surface area contributed by atoms with Crippen LogP contribution in [-0.4, -0.2) is 58.6 Å². The fourth-order valence-corrected chi connectivity index (χ4v) is 4.38. The lowest BCUT2D eigenvalue weighted by molar-refractivity contribution is -0.137. The second-order valence-electron chi connectivity index (χ2n) is 9.05. The average molecular weight is 504 g/mol. The minimum Gasteiger partial charge on any atom is -0.358 e. The van der Waals surface area contributed by atoms with Crippen molar-refractivity contribution in [3.63, 3.8) is 0 Å². The van der Waals surface area contributed by atoms with Gasteiger partial charge in [0, 0.05) is 35.1 Å². The SMILES string of the molecule is CCNC1(CCN(C)C)C=CC(Nc2ncc(C(F)(F)F)c(-c3c[nH]c4c(F)cccc34)n2)=CC1N. The van der Waals surface area contributed by atoms with Gasteiger partial charge in [-0.2, -0.15) is 13.2 Å². The lowest BCUT2D eigenvalue weighted by atomic mass is 9.82. The number of fused-ring (bicyclic) bond motifs is 1. The Morgan fingerprint density at radius 3 is 2.69 bits per heavy atom. The van der Waals surface area contributed by atoms with Crippen LogP contribution in [0.25, 0.3) is 22.2 Å². The number of halogens is 4. The summed E-state index contributed by atoms with van der Waals surface area (Å²) in [5.41, 5.74) is 5.49. The summed E-state index contributed by atoms with van der Waals surface area (Å²) in [6.45, 7) is 3.54. The van der Waals surface area contributed by atoms with Gasteiger partial charge in [0.2, 0.25) is 5.95 Å². The Morgan fingerprint density at radius 1 is 1.25 bits per heavy atom. The van der Waals surface area contributed by atoms with Gasteiger partial charge in [-0.05, 0) is 51.8 Å². The Kier molecular flexibility index (Phi) is 7.17. The highest BCUT2D eigenvalue weighted by atomic mass is 19.4. The van der Waals surface area contributed by atoms with Gasteiger partial charge >= 0.3 is 6.18 Å². The number of likely N-dealkylation sites (N-methyl/N-ethyl adjacent to an activating group) is 1. The molecular formula is C25H29F4N7. The van der Waals surface area contributed by atoms with Crippen LogP contribution in [0.4, 0.5) is 23.5 Å². The number of H-pyrrole nitrogens is 1. The number of nitrogens with one attached hydrogen (secondary N) is 3. The van der Waals surface area contributed by atoms with Crippen LogP contribution in [0.2, 0.25) is 0 Å². The normalized spacial score (nSPS) is 20.2. The molecule has 0 fully saturated rings. The molecule has 1 aromatic carbocycles. The van der Waals surface area contributed by atoms with Gasteiger partial charge < -0.3 is 26.3 Å². The maximum absolute atomic E-state index is 14.2. The van der Waals surface area contributed by atoms with E-state index in [2.05, 4.69) is 30.5 Å². The number of allylic oxidation sites excluding steroid dienone is 1. The molecule has 0 aliphatic heterocycles. The minimum atomic E-state index is -4.70. The molecule has 0 spiro atoms. The van der Waals surface area contributed by atoms with Crippen molar-refractivity contribution in [3.8, 4) is 11.3 Å². The van der Waals surface area contributed by atoms with Crippen molar-refractivity contribution in [3.05, 3.63) is 65.9 Å². The summed E-state index contributed by atoms with van der Waals surface area (Å²) in [5, 5.41) is 6.73. The Balaban J connectivity index is 1.68. The summed E-state index contributed by atoms with van der Waals surface area (Å²) in [7, 11) is 3.98. The van der Waals surface area contributed by atoms with E-state index in [4.69, 9.17) is 5.73 Å². The zero-order chi connectivity index (χ0) is 26.1. The lowest BCUT2D eigenvalue weighted by Crippen LogP contribution is -2.58. The molecule has 0 bridgehead atoms. The molecule has 11 heteroatoms. The zero-order valence-corrected chi connectivity index (χ0v) is 20.2. The van der Waals surface area contributed by atoms with Crippen LogP contribution in [0.15, 0.2) is 54.5 Å². The van der Waals surface area contributed by atoms with Crippen molar-refractivity contribution >= 4 is 16.9 Å². The van der Waals surface area contributed by atoms with Crippen LogP contribution in [0.1, 0.15) is 18.9 Å². The topological polar surface area (TPSA) is 94.9 Å². The summed E-state index contributed by atoms with van der Waals surface area (Å²) in [6.07, 6.45) is 3.72. The highest BCUT2D eigenvalue weighted by molar-refractivity contribution is 5.95. The fourth-order valence-electron chi connectivity index (χ4n) is 4.38. The van der Waals surface area contributed by atoms with Crippen LogP contribution in [0, 0.1) is 5.82 Å². The quantitative estimate of drug-likeness (QED) is 0.343. The predicted octanol–water partition coefficient (Wildman–Crippen LogP) is 4.28. The molecule has 2 heterocycles. The predicted molar refractivity (Wildman–Crippen MR) is 133 cm³/mol. The molecule has 5 N–H and O–H groups in total. The minimum absolute atomic E-state index is 0.0314. The van der Waals surface area contributed by atoms with Gasteiger partial charge in [-0.15, -0.1) is 0 Å². The summed E-state index contributed by atoms with van der Waals surface area (Å²) < 4.78 is 55.6. The molecule has 0 radical (unpaired) electrons. The van der Waals surface area contributed by atoms with Crippen molar-refractivity contribution in [1.29, 1.82) is 0 Å². The van der Waals surface area contributed by atoms with Crippen molar-refractivity contribution in [1.82, 2.24) is 25.2 Å². The monoisotopic (exact) mass is 503 g/mol. The van der Waals surface area contributed by atoms with E-state index in [0.29, 0.717) is 11.1 Å². The number of aromatic amines is 1. The van der Waals surface area contributed by atoms with Gasteiger partial charge in [0.1, 0.15) is 11.4 Å². The zero-order valence-electron chi connectivity index (χ0n) is 20.2. The standard InChI is InChI=1S/C25H29F4N7/c1-4-33-24(10-11-36(2)3)9-8-15(12-20(24)30)34-23-32-14-18(25(27,28)29)21(35-23)17-13-31-22-16(17)6-5-7-19(22)26/h5-9,12-14,20,31,33H,4,10-11,30H2,1-3H3,(H,32,34,35). The van der Waals surface area contributed by atoms with Crippen LogP contribution in [-0.2, 0) is 6.18 Å². The molecule has 2 atom stereocenters. The van der Waals surface area contributed by atoms with E-state index in [0.717, 1.165) is 25.7 Å². The third kappa shape index (κ3) is 5.13. The number of rotatable bonds is 8. The molecule has 7 nitrogen and oxygen atoms in total. The third-order valence-corrected chi connectivity index (χ3v) is 6.26. The Labute approximate surface area is 206 Å². The first-order chi connectivity index (χ1) is 17.0. The van der Waals surface area contributed by atoms with Crippen LogP contribution < -0.4 is 16.4 Å². The molecule has 2 unspecified atom stereocenters. The van der Waals surface area contributed by atoms with Gasteiger partial charge in [-0.1, -0.05) is 25.1 Å². The molecule has 0 amide bonds. The molecule has 0 saturated heterocycles.